The molecule has 0 unspecified atom stereocenters. The van der Waals surface area contributed by atoms with Crippen LogP contribution in [0.3, 0.4) is 0 Å². The largest absolute Gasteiger partial charge is 0.507 e. The molecule has 1 fully saturated rings. The van der Waals surface area contributed by atoms with Crippen molar-refractivity contribution in [3.8, 4) is 17.2 Å². The van der Waals surface area contributed by atoms with E-state index in [4.69, 9.17) is 25.8 Å². The molecule has 5 rings (SSSR count). The van der Waals surface area contributed by atoms with Gasteiger partial charge in [0, 0.05) is 16.3 Å². The summed E-state index contributed by atoms with van der Waals surface area (Å²) in [6.45, 7) is 7.52. The predicted octanol–water partition coefficient (Wildman–Crippen LogP) is 8.87. The Bertz CT molecular complexity index is 1740. The summed E-state index contributed by atoms with van der Waals surface area (Å²) in [5.74, 6) is 0.352. The van der Waals surface area contributed by atoms with Gasteiger partial charge in [0.25, 0.3) is 5.78 Å². The van der Waals surface area contributed by atoms with Crippen molar-refractivity contribution in [3.05, 3.63) is 94.0 Å². The van der Waals surface area contributed by atoms with Gasteiger partial charge in [-0.3, -0.25) is 14.5 Å². The van der Waals surface area contributed by atoms with Gasteiger partial charge in [0.1, 0.15) is 11.5 Å². The van der Waals surface area contributed by atoms with Gasteiger partial charge >= 0.3 is 5.91 Å². The summed E-state index contributed by atoms with van der Waals surface area (Å²) in [6.07, 6.45) is 3.78. The Hall–Kier alpha value is -4.06. The van der Waals surface area contributed by atoms with Crippen molar-refractivity contribution in [2.24, 2.45) is 0 Å². The highest BCUT2D eigenvalue weighted by Gasteiger charge is 2.48. The average Bonchev–Trinajstić information content (AvgIpc) is 3.67. The molecule has 12 heteroatoms. The Morgan fingerprint density at radius 1 is 0.896 bits per heavy atom. The number of ketones is 1. The van der Waals surface area contributed by atoms with Gasteiger partial charge in [0.15, 0.2) is 15.8 Å². The van der Waals surface area contributed by atoms with Gasteiger partial charge in [-0.25, -0.2) is 0 Å². The van der Waals surface area contributed by atoms with Crippen molar-refractivity contribution in [2.75, 3.05) is 24.7 Å². The molecule has 1 atom stereocenters. The van der Waals surface area contributed by atoms with E-state index in [9.17, 15) is 14.7 Å². The number of unbranched alkanes of at least 4 members (excludes halogenated alkanes) is 2. The maximum atomic E-state index is 13.8. The maximum Gasteiger partial charge on any atom is 0.301 e. The molecule has 1 amide bonds. The van der Waals surface area contributed by atoms with E-state index in [2.05, 4.69) is 24.0 Å². The van der Waals surface area contributed by atoms with Gasteiger partial charge in [-0.2, -0.15) is 0 Å². The standard InChI is InChI=1S/C36H38ClN3O6S2/c1-4-7-19-45-27-16-11-24(12-17-27)32(41)30-31(25-13-18-28(46-20-8-5-2)29(21-25)44-6-3)40(34(43)33(30)42)35-38-39-36(48-35)47-22-23-9-14-26(37)15-10-23/h9-18,21,31,41H,4-8,19-20,22H2,1-3H3/t31-/m1/s1. The Kier molecular flexibility index (Phi) is 12.4. The number of rotatable bonds is 16. The second-order valence-electron chi connectivity index (χ2n) is 11.0. The van der Waals surface area contributed by atoms with E-state index in [1.165, 1.54) is 28.0 Å². The normalized spacial score (nSPS) is 15.6. The Balaban J connectivity index is 1.53. The fourth-order valence-electron chi connectivity index (χ4n) is 5.04. The zero-order chi connectivity index (χ0) is 34.0. The highest BCUT2D eigenvalue weighted by molar-refractivity contribution is 8.00. The third-order valence-electron chi connectivity index (χ3n) is 7.56. The zero-order valence-electron chi connectivity index (χ0n) is 27.1. The lowest BCUT2D eigenvalue weighted by molar-refractivity contribution is -0.132. The first-order valence-corrected chi connectivity index (χ1v) is 18.2. The van der Waals surface area contributed by atoms with Crippen molar-refractivity contribution in [1.29, 1.82) is 0 Å². The minimum absolute atomic E-state index is 0.0627. The number of hydrogen-bond donors (Lipinski definition) is 1. The third-order valence-corrected chi connectivity index (χ3v) is 9.93. The van der Waals surface area contributed by atoms with Crippen LogP contribution >= 0.6 is 34.7 Å². The number of hydrogen-bond acceptors (Lipinski definition) is 10. The first kappa shape index (κ1) is 35.3. The number of Topliss-reactive ketones (excluding diaryl/α,β-unsaturated/α-hetero) is 1. The van der Waals surface area contributed by atoms with Crippen molar-refractivity contribution >= 4 is 57.3 Å². The zero-order valence-corrected chi connectivity index (χ0v) is 29.5. The van der Waals surface area contributed by atoms with Crippen LogP contribution in [0.5, 0.6) is 17.2 Å². The summed E-state index contributed by atoms with van der Waals surface area (Å²) in [6, 6.07) is 18.6. The van der Waals surface area contributed by atoms with E-state index >= 15 is 0 Å². The first-order valence-electron chi connectivity index (χ1n) is 16.0. The number of anilines is 1. The quantitative estimate of drug-likeness (QED) is 0.0305. The average molecular weight is 708 g/mol. The van der Waals surface area contributed by atoms with Gasteiger partial charge in [0.2, 0.25) is 5.13 Å². The number of aromatic nitrogens is 2. The molecular weight excluding hydrogens is 670 g/mol. The van der Waals surface area contributed by atoms with Crippen molar-refractivity contribution in [1.82, 2.24) is 10.2 Å². The number of carbonyl (C=O) groups excluding carboxylic acids is 2. The molecule has 48 heavy (non-hydrogen) atoms. The number of amides is 1. The van der Waals surface area contributed by atoms with Crippen LogP contribution in [0.4, 0.5) is 5.13 Å². The molecule has 1 aliphatic rings. The molecular formula is C36H38ClN3O6S2. The SMILES string of the molecule is CCCCOc1ccc(C(O)=C2C(=O)C(=O)N(c3nnc(SCc4ccc(Cl)cc4)s3)[C@@H]2c2ccc(OCCCC)c(OCC)c2)cc1. The number of nitrogens with zero attached hydrogens (tertiary/aromatic N) is 3. The Morgan fingerprint density at radius 3 is 2.29 bits per heavy atom. The lowest BCUT2D eigenvalue weighted by Crippen LogP contribution is -2.29. The smallest absolute Gasteiger partial charge is 0.301 e. The topological polar surface area (TPSA) is 111 Å². The molecule has 1 N–H and O–H groups in total. The molecule has 0 aliphatic carbocycles. The minimum Gasteiger partial charge on any atom is -0.507 e. The summed E-state index contributed by atoms with van der Waals surface area (Å²) >= 11 is 8.69. The fourth-order valence-corrected chi connectivity index (χ4v) is 6.99. The number of halogens is 1. The summed E-state index contributed by atoms with van der Waals surface area (Å²) in [7, 11) is 0. The molecule has 0 radical (unpaired) electrons. The highest BCUT2D eigenvalue weighted by atomic mass is 35.5. The molecule has 0 bridgehead atoms. The second kappa shape index (κ2) is 16.9. The van der Waals surface area contributed by atoms with Crippen LogP contribution in [0.1, 0.15) is 69.2 Å². The summed E-state index contributed by atoms with van der Waals surface area (Å²) in [5.41, 5.74) is 1.91. The van der Waals surface area contributed by atoms with Gasteiger partial charge in [-0.1, -0.05) is 79.6 Å². The number of aliphatic hydroxyl groups is 1. The van der Waals surface area contributed by atoms with Gasteiger partial charge in [-0.15, -0.1) is 10.2 Å². The lowest BCUT2D eigenvalue weighted by Gasteiger charge is -2.23. The van der Waals surface area contributed by atoms with Crippen LogP contribution in [0.25, 0.3) is 5.76 Å². The number of ether oxygens (including phenoxy) is 3. The van der Waals surface area contributed by atoms with Gasteiger partial charge in [-0.05, 0) is 79.4 Å². The molecule has 1 saturated heterocycles. The van der Waals surface area contributed by atoms with Crippen molar-refractivity contribution in [3.63, 3.8) is 0 Å². The number of carbonyl (C=O) groups is 2. The van der Waals surface area contributed by atoms with Crippen molar-refractivity contribution < 1.29 is 28.9 Å². The number of benzene rings is 3. The van der Waals surface area contributed by atoms with Crippen LogP contribution in [0, 0.1) is 0 Å². The fraction of sp³-hybridized carbons (Fsp3) is 0.333. The minimum atomic E-state index is -1.00. The van der Waals surface area contributed by atoms with E-state index in [-0.39, 0.29) is 16.5 Å². The van der Waals surface area contributed by atoms with Crippen LogP contribution in [0.2, 0.25) is 5.02 Å². The third kappa shape index (κ3) is 8.32. The second-order valence-corrected chi connectivity index (χ2v) is 13.6. The molecule has 3 aromatic carbocycles. The molecule has 1 aliphatic heterocycles. The Labute approximate surface area is 293 Å². The van der Waals surface area contributed by atoms with Gasteiger partial charge < -0.3 is 19.3 Å². The molecule has 0 spiro atoms. The maximum absolute atomic E-state index is 13.8. The molecule has 4 aromatic rings. The van der Waals surface area contributed by atoms with E-state index in [0.717, 1.165) is 31.2 Å². The summed E-state index contributed by atoms with van der Waals surface area (Å²) in [5, 5.41) is 21.2. The van der Waals surface area contributed by atoms with Crippen molar-refractivity contribution in [2.45, 2.75) is 62.6 Å². The monoisotopic (exact) mass is 707 g/mol. The van der Waals surface area contributed by atoms with E-state index in [0.29, 0.717) is 63.3 Å². The van der Waals surface area contributed by atoms with E-state index < -0.39 is 17.7 Å². The highest BCUT2D eigenvalue weighted by Crippen LogP contribution is 2.46. The van der Waals surface area contributed by atoms with Crippen LogP contribution in [-0.4, -0.2) is 46.8 Å². The molecule has 9 nitrogen and oxygen atoms in total. The van der Waals surface area contributed by atoms with Crippen LogP contribution < -0.4 is 19.1 Å². The first-order chi connectivity index (χ1) is 23.3. The molecule has 1 aromatic heterocycles. The Morgan fingerprint density at radius 2 is 1.60 bits per heavy atom. The van der Waals surface area contributed by atoms with Crippen LogP contribution in [0.15, 0.2) is 76.6 Å². The number of aliphatic hydroxyl groups excluding tert-OH is 1. The predicted molar refractivity (Wildman–Crippen MR) is 191 cm³/mol. The lowest BCUT2D eigenvalue weighted by atomic mass is 9.95. The summed E-state index contributed by atoms with van der Waals surface area (Å²) < 4.78 is 18.3. The molecule has 0 saturated carbocycles. The van der Waals surface area contributed by atoms with E-state index in [1.807, 2.05) is 31.2 Å². The van der Waals surface area contributed by atoms with Gasteiger partial charge in [0.05, 0.1) is 31.4 Å². The molecule has 2 heterocycles. The summed E-state index contributed by atoms with van der Waals surface area (Å²) in [4.78, 5) is 28.9. The van der Waals surface area contributed by atoms with E-state index in [1.54, 1.807) is 42.5 Å². The molecule has 252 valence electrons. The van der Waals surface area contributed by atoms with Crippen LogP contribution in [-0.2, 0) is 15.3 Å². The number of thioether (sulfide) groups is 1.